The highest BCUT2D eigenvalue weighted by Crippen LogP contribution is 2.31. The molecule has 1 fully saturated rings. The Bertz CT molecular complexity index is 750. The van der Waals surface area contributed by atoms with Gasteiger partial charge in [0, 0.05) is 56.2 Å². The van der Waals surface area contributed by atoms with E-state index in [9.17, 15) is 13.2 Å². The van der Waals surface area contributed by atoms with E-state index >= 15 is 0 Å². The molecule has 2 heterocycles. The summed E-state index contributed by atoms with van der Waals surface area (Å²) in [6.07, 6.45) is -1.12. The minimum Gasteiger partial charge on any atom is -0.385 e. The summed E-state index contributed by atoms with van der Waals surface area (Å²) in [6.45, 7) is 8.68. The molecule has 1 N–H and O–H groups in total. The molecule has 4 nitrogen and oxygen atoms in total. The number of nitrogens with zero attached hydrogens (tertiary/aromatic N) is 2. The summed E-state index contributed by atoms with van der Waals surface area (Å²) in [5.41, 5.74) is 2.19. The highest BCUT2D eigenvalue weighted by Gasteiger charge is 2.29. The molecule has 2 aromatic rings. The van der Waals surface area contributed by atoms with Crippen molar-refractivity contribution in [3.8, 4) is 0 Å². The number of alkyl halides is 3. The molecule has 1 aromatic carbocycles. The highest BCUT2D eigenvalue weighted by molar-refractivity contribution is 5.93. The number of anilines is 1. The van der Waals surface area contributed by atoms with Crippen molar-refractivity contribution < 1.29 is 17.9 Å². The zero-order valence-corrected chi connectivity index (χ0v) is 18.0. The minimum atomic E-state index is -4.23. The summed E-state index contributed by atoms with van der Waals surface area (Å²) in [5, 5.41) is 4.43. The Hall–Kier alpha value is -1.73. The standard InChI is InChI=1S/C20H28F3N3O.C2H6/c1-15-13-17-18(5-3-6-19(17)26(15)14-20(21,22)23)24-16-7-10-25(11-8-16)9-4-12-27-2;1-2/h3,5-6,13,16,24H,4,7-12,14H2,1-2H3;1-2H3. The Morgan fingerprint density at radius 2 is 1.86 bits per heavy atom. The molecule has 1 aromatic heterocycles. The number of piperidine rings is 1. The third-order valence-electron chi connectivity index (χ3n) is 5.26. The lowest BCUT2D eigenvalue weighted by Crippen LogP contribution is -2.39. The van der Waals surface area contributed by atoms with Crippen LogP contribution in [0.1, 0.15) is 38.8 Å². The van der Waals surface area contributed by atoms with Crippen LogP contribution in [0.5, 0.6) is 0 Å². The maximum absolute atomic E-state index is 12.9. The highest BCUT2D eigenvalue weighted by atomic mass is 19.4. The van der Waals surface area contributed by atoms with E-state index in [-0.39, 0.29) is 0 Å². The monoisotopic (exact) mass is 413 g/mol. The van der Waals surface area contributed by atoms with Gasteiger partial charge in [-0.3, -0.25) is 0 Å². The van der Waals surface area contributed by atoms with Crippen LogP contribution in [0.25, 0.3) is 10.9 Å². The van der Waals surface area contributed by atoms with Crippen molar-refractivity contribution in [2.75, 3.05) is 38.7 Å². The average Bonchev–Trinajstić information content (AvgIpc) is 3.00. The number of likely N-dealkylation sites (tertiary alicyclic amines) is 1. The molecule has 3 rings (SSSR count). The molecule has 7 heteroatoms. The van der Waals surface area contributed by atoms with Gasteiger partial charge >= 0.3 is 6.18 Å². The van der Waals surface area contributed by atoms with Gasteiger partial charge in [-0.2, -0.15) is 13.2 Å². The first-order valence-electron chi connectivity index (χ1n) is 10.5. The van der Waals surface area contributed by atoms with Crippen LogP contribution < -0.4 is 5.32 Å². The Labute approximate surface area is 172 Å². The topological polar surface area (TPSA) is 29.4 Å². The molecule has 0 radical (unpaired) electrons. The smallest absolute Gasteiger partial charge is 0.385 e. The predicted molar refractivity (Wildman–Crippen MR) is 114 cm³/mol. The third-order valence-corrected chi connectivity index (χ3v) is 5.26. The molecule has 0 unspecified atom stereocenters. The molecule has 0 atom stereocenters. The van der Waals surface area contributed by atoms with Crippen molar-refractivity contribution in [3.63, 3.8) is 0 Å². The second-order valence-corrected chi connectivity index (χ2v) is 7.33. The molecule has 0 saturated carbocycles. The van der Waals surface area contributed by atoms with E-state index in [1.807, 2.05) is 32.0 Å². The molecule has 1 saturated heterocycles. The number of aromatic nitrogens is 1. The van der Waals surface area contributed by atoms with E-state index in [2.05, 4.69) is 10.2 Å². The number of ether oxygens (including phenoxy) is 1. The van der Waals surface area contributed by atoms with Gasteiger partial charge in [0.15, 0.2) is 0 Å². The second kappa shape index (κ2) is 10.9. The van der Waals surface area contributed by atoms with Crippen LogP contribution in [-0.2, 0) is 11.3 Å². The molecule has 0 spiro atoms. The molecule has 164 valence electrons. The molecule has 0 aliphatic carbocycles. The first-order valence-corrected chi connectivity index (χ1v) is 10.5. The summed E-state index contributed by atoms with van der Waals surface area (Å²) < 4.78 is 45.1. The molecule has 0 bridgehead atoms. The SMILES string of the molecule is CC.COCCCN1CCC(Nc2cccc3c2cc(C)n3CC(F)(F)F)CC1. The lowest BCUT2D eigenvalue weighted by atomic mass is 10.0. The molecule has 29 heavy (non-hydrogen) atoms. The number of rotatable bonds is 7. The van der Waals surface area contributed by atoms with E-state index in [0.717, 1.165) is 56.6 Å². The van der Waals surface area contributed by atoms with E-state index in [1.165, 1.54) is 4.57 Å². The number of nitrogens with one attached hydrogen (secondary N) is 1. The Morgan fingerprint density at radius 3 is 2.48 bits per heavy atom. The normalized spacial score (nSPS) is 16.0. The Balaban J connectivity index is 0.00000145. The lowest BCUT2D eigenvalue weighted by molar-refractivity contribution is -0.140. The number of hydrogen-bond donors (Lipinski definition) is 1. The molecule has 1 aliphatic heterocycles. The van der Waals surface area contributed by atoms with Crippen LogP contribution in [0.2, 0.25) is 0 Å². The summed E-state index contributed by atoms with van der Waals surface area (Å²) >= 11 is 0. The van der Waals surface area contributed by atoms with Crippen LogP contribution >= 0.6 is 0 Å². The van der Waals surface area contributed by atoms with E-state index < -0.39 is 12.7 Å². The summed E-state index contributed by atoms with van der Waals surface area (Å²) in [5.74, 6) is 0. The lowest BCUT2D eigenvalue weighted by Gasteiger charge is -2.33. The second-order valence-electron chi connectivity index (χ2n) is 7.33. The van der Waals surface area contributed by atoms with Crippen molar-refractivity contribution in [1.82, 2.24) is 9.47 Å². The van der Waals surface area contributed by atoms with Gasteiger partial charge in [-0.05, 0) is 44.4 Å². The van der Waals surface area contributed by atoms with Gasteiger partial charge in [0.05, 0.1) is 5.52 Å². The maximum Gasteiger partial charge on any atom is 0.406 e. The van der Waals surface area contributed by atoms with Gasteiger partial charge in [-0.1, -0.05) is 19.9 Å². The molecular weight excluding hydrogens is 379 g/mol. The fourth-order valence-electron chi connectivity index (χ4n) is 3.89. The minimum absolute atomic E-state index is 0.348. The molecular formula is C22H34F3N3O. The first kappa shape index (κ1) is 23.5. The molecule has 1 aliphatic rings. The van der Waals surface area contributed by atoms with E-state index in [0.29, 0.717) is 17.3 Å². The van der Waals surface area contributed by atoms with Crippen molar-refractivity contribution in [2.45, 2.75) is 58.8 Å². The van der Waals surface area contributed by atoms with Gasteiger partial charge in [-0.15, -0.1) is 0 Å². The summed E-state index contributed by atoms with van der Waals surface area (Å²) in [4.78, 5) is 2.45. The number of fused-ring (bicyclic) bond motifs is 1. The van der Waals surface area contributed by atoms with Gasteiger partial charge in [0.2, 0.25) is 0 Å². The molecule has 0 amide bonds. The van der Waals surface area contributed by atoms with E-state index in [1.54, 1.807) is 20.1 Å². The fraction of sp³-hybridized carbons (Fsp3) is 0.636. The van der Waals surface area contributed by atoms with Crippen LogP contribution in [0.3, 0.4) is 0 Å². The number of benzene rings is 1. The van der Waals surface area contributed by atoms with Crippen molar-refractivity contribution in [3.05, 3.63) is 30.0 Å². The van der Waals surface area contributed by atoms with E-state index in [4.69, 9.17) is 4.74 Å². The van der Waals surface area contributed by atoms with Gasteiger partial charge in [0.25, 0.3) is 0 Å². The van der Waals surface area contributed by atoms with Crippen LogP contribution in [-0.4, -0.2) is 55.0 Å². The van der Waals surface area contributed by atoms with Crippen LogP contribution in [0, 0.1) is 6.92 Å². The van der Waals surface area contributed by atoms with Gasteiger partial charge in [0.1, 0.15) is 6.54 Å². The number of halogens is 3. The zero-order valence-electron chi connectivity index (χ0n) is 18.0. The largest absolute Gasteiger partial charge is 0.406 e. The summed E-state index contributed by atoms with van der Waals surface area (Å²) in [7, 11) is 1.72. The van der Waals surface area contributed by atoms with Crippen LogP contribution in [0.15, 0.2) is 24.3 Å². The zero-order chi connectivity index (χ0) is 21.4. The predicted octanol–water partition coefficient (Wildman–Crippen LogP) is 5.45. The average molecular weight is 414 g/mol. The Kier molecular flexibility index (Phi) is 8.83. The first-order chi connectivity index (χ1) is 13.9. The number of methoxy groups -OCH3 is 1. The van der Waals surface area contributed by atoms with Crippen molar-refractivity contribution in [1.29, 1.82) is 0 Å². The maximum atomic E-state index is 12.9. The Morgan fingerprint density at radius 1 is 1.17 bits per heavy atom. The summed E-state index contributed by atoms with van der Waals surface area (Å²) in [6, 6.07) is 7.75. The van der Waals surface area contributed by atoms with Crippen molar-refractivity contribution >= 4 is 16.6 Å². The van der Waals surface area contributed by atoms with Crippen molar-refractivity contribution in [2.24, 2.45) is 0 Å². The van der Waals surface area contributed by atoms with Gasteiger partial charge < -0.3 is 19.5 Å². The fourth-order valence-corrected chi connectivity index (χ4v) is 3.89. The third kappa shape index (κ3) is 6.64. The van der Waals surface area contributed by atoms with Crippen LogP contribution in [0.4, 0.5) is 18.9 Å². The van der Waals surface area contributed by atoms with Gasteiger partial charge in [-0.25, -0.2) is 0 Å². The quantitative estimate of drug-likeness (QED) is 0.612. The number of hydrogen-bond acceptors (Lipinski definition) is 3. The number of aryl methyl sites for hydroxylation is 1.